The van der Waals surface area contributed by atoms with E-state index in [1.54, 1.807) is 24.3 Å². The van der Waals surface area contributed by atoms with Crippen molar-refractivity contribution >= 4 is 34.7 Å². The molecule has 0 aliphatic heterocycles. The summed E-state index contributed by atoms with van der Waals surface area (Å²) in [6.45, 7) is 0. The van der Waals surface area contributed by atoms with E-state index in [1.165, 1.54) is 29.4 Å². The predicted octanol–water partition coefficient (Wildman–Crippen LogP) is 4.57. The molecule has 0 unspecified atom stereocenters. The molecule has 0 saturated carbocycles. The first-order valence-corrected chi connectivity index (χ1v) is 7.49. The largest absolute Gasteiger partial charge is 0.416 e. The third kappa shape index (κ3) is 3.83. The Kier molecular flexibility index (Phi) is 4.50. The number of aromatic nitrogens is 2. The third-order valence-corrected chi connectivity index (χ3v) is 3.71. The van der Waals surface area contributed by atoms with Crippen LogP contribution in [0.2, 0.25) is 5.02 Å². The Bertz CT molecular complexity index is 946. The van der Waals surface area contributed by atoms with Crippen LogP contribution < -0.4 is 5.32 Å². The van der Waals surface area contributed by atoms with Crippen molar-refractivity contribution in [3.05, 3.63) is 71.1 Å². The van der Waals surface area contributed by atoms with Crippen molar-refractivity contribution < 1.29 is 18.0 Å². The molecule has 0 saturated heterocycles. The standard InChI is InChI=1S/C17H11ClF3N3O/c18-13-4-1-11(2-5-13)16(25)22-7-8-24-10-23-14-9-12(17(19,20)21)3-6-15(14)24/h1-10H,(H,22,25)/b8-7+. The Hall–Kier alpha value is -2.80. The van der Waals surface area contributed by atoms with E-state index in [9.17, 15) is 18.0 Å². The molecule has 1 aromatic heterocycles. The van der Waals surface area contributed by atoms with Gasteiger partial charge in [-0.05, 0) is 42.5 Å². The Labute approximate surface area is 145 Å². The molecule has 4 nitrogen and oxygen atoms in total. The maximum Gasteiger partial charge on any atom is 0.416 e. The summed E-state index contributed by atoms with van der Waals surface area (Å²) in [6.07, 6.45) is -0.164. The van der Waals surface area contributed by atoms with Crippen LogP contribution in [-0.4, -0.2) is 15.5 Å². The fourth-order valence-corrected chi connectivity index (χ4v) is 2.33. The van der Waals surface area contributed by atoms with E-state index in [0.29, 0.717) is 16.1 Å². The number of halogens is 4. The van der Waals surface area contributed by atoms with Gasteiger partial charge in [-0.1, -0.05) is 11.6 Å². The second-order valence-corrected chi connectivity index (χ2v) is 5.59. The Balaban J connectivity index is 1.75. The highest BCUT2D eigenvalue weighted by molar-refractivity contribution is 6.30. The average molecular weight is 366 g/mol. The number of hydrogen-bond donors (Lipinski definition) is 1. The molecule has 1 heterocycles. The molecule has 1 amide bonds. The summed E-state index contributed by atoms with van der Waals surface area (Å²) in [5.41, 5.74) is 0.373. The SMILES string of the molecule is O=C(N/C=C/n1cnc2cc(C(F)(F)F)ccc21)c1ccc(Cl)cc1. The lowest BCUT2D eigenvalue weighted by atomic mass is 10.2. The number of hydrogen-bond acceptors (Lipinski definition) is 2. The zero-order chi connectivity index (χ0) is 18.0. The van der Waals surface area contributed by atoms with E-state index in [-0.39, 0.29) is 11.4 Å². The van der Waals surface area contributed by atoms with Gasteiger partial charge >= 0.3 is 6.18 Å². The average Bonchev–Trinajstić information content (AvgIpc) is 2.97. The zero-order valence-corrected chi connectivity index (χ0v) is 13.3. The van der Waals surface area contributed by atoms with E-state index in [4.69, 9.17) is 11.6 Å². The van der Waals surface area contributed by atoms with Crippen molar-refractivity contribution in [2.75, 3.05) is 0 Å². The number of amides is 1. The molecule has 128 valence electrons. The van der Waals surface area contributed by atoms with Crippen molar-refractivity contribution in [3.8, 4) is 0 Å². The number of rotatable bonds is 3. The van der Waals surface area contributed by atoms with Gasteiger partial charge in [0.25, 0.3) is 5.91 Å². The lowest BCUT2D eigenvalue weighted by Crippen LogP contribution is -2.16. The number of benzene rings is 2. The number of imidazole rings is 1. The quantitative estimate of drug-likeness (QED) is 0.739. The van der Waals surface area contributed by atoms with Crippen LogP contribution in [0.5, 0.6) is 0 Å². The summed E-state index contributed by atoms with van der Waals surface area (Å²) in [4.78, 5) is 15.9. The molecule has 0 aliphatic rings. The van der Waals surface area contributed by atoms with Crippen molar-refractivity contribution in [1.29, 1.82) is 0 Å². The summed E-state index contributed by atoms with van der Waals surface area (Å²) in [5, 5.41) is 3.09. The van der Waals surface area contributed by atoms with Crippen LogP contribution in [0.4, 0.5) is 13.2 Å². The molecule has 0 fully saturated rings. The minimum Gasteiger partial charge on any atom is -0.327 e. The number of nitrogens with one attached hydrogen (secondary N) is 1. The van der Waals surface area contributed by atoms with Crippen molar-refractivity contribution in [2.45, 2.75) is 6.18 Å². The molecule has 3 aromatic rings. The fourth-order valence-electron chi connectivity index (χ4n) is 2.20. The van der Waals surface area contributed by atoms with E-state index in [1.807, 2.05) is 0 Å². The van der Waals surface area contributed by atoms with Crippen molar-refractivity contribution in [3.63, 3.8) is 0 Å². The van der Waals surface area contributed by atoms with E-state index in [0.717, 1.165) is 12.1 Å². The lowest BCUT2D eigenvalue weighted by molar-refractivity contribution is -0.137. The first-order chi connectivity index (χ1) is 11.8. The molecule has 0 bridgehead atoms. The first kappa shape index (κ1) is 17.0. The number of carbonyl (C=O) groups is 1. The third-order valence-electron chi connectivity index (χ3n) is 3.46. The van der Waals surface area contributed by atoms with Crippen LogP contribution in [0.3, 0.4) is 0 Å². The van der Waals surface area contributed by atoms with Gasteiger partial charge in [0.15, 0.2) is 0 Å². The smallest absolute Gasteiger partial charge is 0.327 e. The van der Waals surface area contributed by atoms with Gasteiger partial charge in [0.2, 0.25) is 0 Å². The highest BCUT2D eigenvalue weighted by Crippen LogP contribution is 2.31. The van der Waals surface area contributed by atoms with Gasteiger partial charge in [-0.25, -0.2) is 4.98 Å². The fraction of sp³-hybridized carbons (Fsp3) is 0.0588. The molecule has 0 atom stereocenters. The first-order valence-electron chi connectivity index (χ1n) is 7.11. The number of fused-ring (bicyclic) bond motifs is 1. The molecule has 8 heteroatoms. The maximum atomic E-state index is 12.7. The van der Waals surface area contributed by atoms with E-state index < -0.39 is 11.7 Å². The second-order valence-electron chi connectivity index (χ2n) is 5.15. The summed E-state index contributed by atoms with van der Waals surface area (Å²) in [7, 11) is 0. The molecule has 1 N–H and O–H groups in total. The van der Waals surface area contributed by atoms with Crippen LogP contribution >= 0.6 is 11.6 Å². The van der Waals surface area contributed by atoms with Crippen molar-refractivity contribution in [2.24, 2.45) is 0 Å². The Morgan fingerprint density at radius 2 is 1.88 bits per heavy atom. The summed E-state index contributed by atoms with van der Waals surface area (Å²) in [5.74, 6) is -0.336. The van der Waals surface area contributed by atoms with Gasteiger partial charge in [0, 0.05) is 23.0 Å². The van der Waals surface area contributed by atoms with Crippen LogP contribution in [0.1, 0.15) is 15.9 Å². The molecule has 0 aliphatic carbocycles. The highest BCUT2D eigenvalue weighted by Gasteiger charge is 2.30. The molecular formula is C17H11ClF3N3O. The number of nitrogens with zero attached hydrogens (tertiary/aromatic N) is 2. The second kappa shape index (κ2) is 6.60. The minimum atomic E-state index is -4.42. The molecule has 3 rings (SSSR count). The molecule has 0 radical (unpaired) electrons. The zero-order valence-electron chi connectivity index (χ0n) is 12.6. The normalized spacial score (nSPS) is 12.0. The lowest BCUT2D eigenvalue weighted by Gasteiger charge is -2.06. The Morgan fingerprint density at radius 1 is 1.16 bits per heavy atom. The molecular weight excluding hydrogens is 355 g/mol. The predicted molar refractivity (Wildman–Crippen MR) is 89.0 cm³/mol. The monoisotopic (exact) mass is 365 g/mol. The molecule has 25 heavy (non-hydrogen) atoms. The van der Waals surface area contributed by atoms with Crippen LogP contribution in [-0.2, 0) is 6.18 Å². The van der Waals surface area contributed by atoms with Gasteiger partial charge in [-0.3, -0.25) is 4.79 Å². The van der Waals surface area contributed by atoms with Crippen LogP contribution in [0.15, 0.2) is 55.0 Å². The molecule has 2 aromatic carbocycles. The summed E-state index contributed by atoms with van der Waals surface area (Å²) in [6, 6.07) is 9.65. The topological polar surface area (TPSA) is 46.9 Å². The van der Waals surface area contributed by atoms with Gasteiger partial charge in [-0.2, -0.15) is 13.2 Å². The van der Waals surface area contributed by atoms with E-state index in [2.05, 4.69) is 10.3 Å². The Morgan fingerprint density at radius 3 is 2.56 bits per heavy atom. The number of carbonyl (C=O) groups excluding carboxylic acids is 1. The van der Waals surface area contributed by atoms with Gasteiger partial charge in [0.1, 0.15) is 0 Å². The summed E-state index contributed by atoms with van der Waals surface area (Å²) >= 11 is 5.76. The summed E-state index contributed by atoms with van der Waals surface area (Å²) < 4.78 is 39.6. The number of alkyl halides is 3. The van der Waals surface area contributed by atoms with Crippen LogP contribution in [0, 0.1) is 0 Å². The maximum absolute atomic E-state index is 12.7. The minimum absolute atomic E-state index is 0.212. The molecule has 0 spiro atoms. The van der Waals surface area contributed by atoms with E-state index >= 15 is 0 Å². The van der Waals surface area contributed by atoms with Gasteiger partial charge in [0.05, 0.1) is 22.9 Å². The van der Waals surface area contributed by atoms with Crippen molar-refractivity contribution in [1.82, 2.24) is 14.9 Å². The van der Waals surface area contributed by atoms with Gasteiger partial charge in [-0.15, -0.1) is 0 Å². The van der Waals surface area contributed by atoms with Gasteiger partial charge < -0.3 is 9.88 Å². The highest BCUT2D eigenvalue weighted by atomic mass is 35.5. The van der Waals surface area contributed by atoms with Crippen LogP contribution in [0.25, 0.3) is 17.2 Å².